The van der Waals surface area contributed by atoms with Crippen molar-refractivity contribution in [2.75, 3.05) is 20.3 Å². The summed E-state index contributed by atoms with van der Waals surface area (Å²) in [6.45, 7) is 0.776. The number of imide groups is 1. The fourth-order valence-electron chi connectivity index (χ4n) is 1.90. The lowest BCUT2D eigenvalue weighted by Gasteiger charge is -2.37. The summed E-state index contributed by atoms with van der Waals surface area (Å²) in [5.41, 5.74) is -0.927. The minimum atomic E-state index is -0.927. The molecule has 0 aromatic heterocycles. The second-order valence-electron chi connectivity index (χ2n) is 3.43. The van der Waals surface area contributed by atoms with Crippen LogP contribution in [0.1, 0.15) is 6.42 Å². The number of ether oxygens (including phenoxy) is 2. The zero-order valence-corrected chi connectivity index (χ0v) is 7.83. The Morgan fingerprint density at radius 1 is 1.57 bits per heavy atom. The van der Waals surface area contributed by atoms with Gasteiger partial charge in [0.25, 0.3) is 5.91 Å². The number of carbonyl (C=O) groups excluding carboxylic acids is 2. The number of urea groups is 1. The van der Waals surface area contributed by atoms with Gasteiger partial charge in [-0.25, -0.2) is 4.79 Å². The molecule has 0 aromatic carbocycles. The summed E-state index contributed by atoms with van der Waals surface area (Å²) in [4.78, 5) is 22.6. The Morgan fingerprint density at radius 2 is 2.36 bits per heavy atom. The molecule has 0 aliphatic carbocycles. The van der Waals surface area contributed by atoms with Crippen molar-refractivity contribution in [1.82, 2.24) is 10.6 Å². The van der Waals surface area contributed by atoms with Crippen LogP contribution < -0.4 is 10.6 Å². The topological polar surface area (TPSA) is 76.7 Å². The maximum absolute atomic E-state index is 11.6. The van der Waals surface area contributed by atoms with Gasteiger partial charge in [0.05, 0.1) is 6.61 Å². The molecule has 0 saturated carbocycles. The first-order valence-corrected chi connectivity index (χ1v) is 4.43. The van der Waals surface area contributed by atoms with Crippen molar-refractivity contribution in [2.45, 2.75) is 18.1 Å². The first-order valence-electron chi connectivity index (χ1n) is 4.43. The van der Waals surface area contributed by atoms with E-state index in [1.807, 2.05) is 0 Å². The highest BCUT2D eigenvalue weighted by Gasteiger charge is 2.53. The predicted octanol–water partition coefficient (Wildman–Crippen LogP) is -1.00. The summed E-state index contributed by atoms with van der Waals surface area (Å²) in [5.74, 6) is -0.322. The quantitative estimate of drug-likeness (QED) is 0.532. The van der Waals surface area contributed by atoms with Crippen LogP contribution in [0.3, 0.4) is 0 Å². The number of methoxy groups -OCH3 is 1. The van der Waals surface area contributed by atoms with E-state index in [0.29, 0.717) is 19.6 Å². The Balaban J connectivity index is 2.26. The zero-order chi connectivity index (χ0) is 10.2. The van der Waals surface area contributed by atoms with Crippen LogP contribution in [0, 0.1) is 0 Å². The van der Waals surface area contributed by atoms with Gasteiger partial charge in [-0.15, -0.1) is 0 Å². The average molecular weight is 200 g/mol. The SMILES string of the molecule is COC1COCCC12NC(=O)NC2=O. The van der Waals surface area contributed by atoms with Gasteiger partial charge in [-0.3, -0.25) is 10.1 Å². The molecule has 0 radical (unpaired) electrons. The number of amides is 3. The van der Waals surface area contributed by atoms with E-state index in [-0.39, 0.29) is 5.91 Å². The van der Waals surface area contributed by atoms with Crippen molar-refractivity contribution in [3.8, 4) is 0 Å². The van der Waals surface area contributed by atoms with Gasteiger partial charge in [-0.2, -0.15) is 0 Å². The Morgan fingerprint density at radius 3 is 2.93 bits per heavy atom. The summed E-state index contributed by atoms with van der Waals surface area (Å²) < 4.78 is 10.3. The smallest absolute Gasteiger partial charge is 0.322 e. The monoisotopic (exact) mass is 200 g/mol. The molecule has 14 heavy (non-hydrogen) atoms. The highest BCUT2D eigenvalue weighted by atomic mass is 16.5. The molecule has 2 N–H and O–H groups in total. The molecule has 0 bridgehead atoms. The molecule has 6 heteroatoms. The minimum absolute atomic E-state index is 0.322. The van der Waals surface area contributed by atoms with Crippen LogP contribution in [-0.4, -0.2) is 43.9 Å². The highest BCUT2D eigenvalue weighted by Crippen LogP contribution is 2.26. The number of rotatable bonds is 1. The van der Waals surface area contributed by atoms with Gasteiger partial charge in [-0.1, -0.05) is 0 Å². The Hall–Kier alpha value is -1.14. The summed E-state index contributed by atoms with van der Waals surface area (Å²) in [7, 11) is 1.50. The summed E-state index contributed by atoms with van der Waals surface area (Å²) in [6.07, 6.45) is 0.0333. The van der Waals surface area contributed by atoms with Crippen molar-refractivity contribution < 1.29 is 19.1 Å². The number of hydrogen-bond acceptors (Lipinski definition) is 4. The van der Waals surface area contributed by atoms with E-state index in [1.54, 1.807) is 0 Å². The van der Waals surface area contributed by atoms with Crippen LogP contribution >= 0.6 is 0 Å². The first-order chi connectivity index (χ1) is 6.69. The van der Waals surface area contributed by atoms with Crippen molar-refractivity contribution in [1.29, 1.82) is 0 Å². The molecule has 2 fully saturated rings. The Bertz CT molecular complexity index is 281. The predicted molar refractivity (Wildman–Crippen MR) is 45.6 cm³/mol. The normalized spacial score (nSPS) is 37.1. The van der Waals surface area contributed by atoms with Gasteiger partial charge in [0.2, 0.25) is 0 Å². The number of nitrogens with one attached hydrogen (secondary N) is 2. The lowest BCUT2D eigenvalue weighted by Crippen LogP contribution is -2.61. The molecule has 2 unspecified atom stereocenters. The van der Waals surface area contributed by atoms with Crippen LogP contribution in [0.4, 0.5) is 4.79 Å². The Labute approximate surface area is 80.9 Å². The van der Waals surface area contributed by atoms with E-state index in [2.05, 4.69) is 10.6 Å². The van der Waals surface area contributed by atoms with E-state index >= 15 is 0 Å². The van der Waals surface area contributed by atoms with E-state index in [0.717, 1.165) is 0 Å². The standard InChI is InChI=1S/C8H12N2O4/c1-13-5-4-14-3-2-8(5)6(11)9-7(12)10-8/h5H,2-4H2,1H3,(H2,9,10,11,12). The first kappa shape index (κ1) is 9.42. The molecule has 0 aromatic rings. The molecule has 2 rings (SSSR count). The lowest BCUT2D eigenvalue weighted by atomic mass is 9.87. The summed E-state index contributed by atoms with van der Waals surface area (Å²) >= 11 is 0. The average Bonchev–Trinajstić information content (AvgIpc) is 2.43. The highest BCUT2D eigenvalue weighted by molar-refractivity contribution is 6.07. The number of hydrogen-bond donors (Lipinski definition) is 2. The van der Waals surface area contributed by atoms with Gasteiger partial charge in [0, 0.05) is 20.1 Å². The third-order valence-corrected chi connectivity index (χ3v) is 2.71. The van der Waals surface area contributed by atoms with Gasteiger partial charge in [0.1, 0.15) is 6.10 Å². The maximum Gasteiger partial charge on any atom is 0.322 e. The van der Waals surface area contributed by atoms with Crippen molar-refractivity contribution in [3.63, 3.8) is 0 Å². The van der Waals surface area contributed by atoms with E-state index in [9.17, 15) is 9.59 Å². The molecule has 1 spiro atoms. The fourth-order valence-corrected chi connectivity index (χ4v) is 1.90. The van der Waals surface area contributed by atoms with Crippen LogP contribution in [0.25, 0.3) is 0 Å². The van der Waals surface area contributed by atoms with Crippen molar-refractivity contribution in [2.24, 2.45) is 0 Å². The second-order valence-corrected chi connectivity index (χ2v) is 3.43. The molecule has 2 aliphatic heterocycles. The second kappa shape index (κ2) is 3.21. The summed E-state index contributed by atoms with van der Waals surface area (Å²) in [5, 5.41) is 4.83. The number of carbonyl (C=O) groups is 2. The molecule has 2 aliphatic rings. The molecule has 78 valence electrons. The van der Waals surface area contributed by atoms with Gasteiger partial charge < -0.3 is 14.8 Å². The van der Waals surface area contributed by atoms with Gasteiger partial charge in [0.15, 0.2) is 5.54 Å². The molecular weight excluding hydrogens is 188 g/mol. The van der Waals surface area contributed by atoms with Crippen molar-refractivity contribution >= 4 is 11.9 Å². The van der Waals surface area contributed by atoms with E-state index in [4.69, 9.17) is 9.47 Å². The van der Waals surface area contributed by atoms with Gasteiger partial charge in [-0.05, 0) is 0 Å². The van der Waals surface area contributed by atoms with Gasteiger partial charge >= 0.3 is 6.03 Å². The van der Waals surface area contributed by atoms with Crippen LogP contribution in [0.15, 0.2) is 0 Å². The van der Waals surface area contributed by atoms with Crippen LogP contribution in [0.2, 0.25) is 0 Å². The molecule has 3 amide bonds. The summed E-state index contributed by atoms with van der Waals surface area (Å²) in [6, 6.07) is -0.459. The van der Waals surface area contributed by atoms with Crippen molar-refractivity contribution in [3.05, 3.63) is 0 Å². The largest absolute Gasteiger partial charge is 0.379 e. The Kier molecular flexibility index (Phi) is 2.16. The molecule has 2 saturated heterocycles. The maximum atomic E-state index is 11.6. The molecule has 2 atom stereocenters. The zero-order valence-electron chi connectivity index (χ0n) is 7.83. The molecule has 6 nitrogen and oxygen atoms in total. The van der Waals surface area contributed by atoms with Crippen LogP contribution in [0.5, 0.6) is 0 Å². The lowest BCUT2D eigenvalue weighted by molar-refractivity contribution is -0.139. The van der Waals surface area contributed by atoms with E-state index < -0.39 is 17.7 Å². The minimum Gasteiger partial charge on any atom is -0.379 e. The fraction of sp³-hybridized carbons (Fsp3) is 0.750. The molecular formula is C8H12N2O4. The third-order valence-electron chi connectivity index (χ3n) is 2.71. The molecule has 2 heterocycles. The van der Waals surface area contributed by atoms with Crippen LogP contribution in [-0.2, 0) is 14.3 Å². The van der Waals surface area contributed by atoms with E-state index in [1.165, 1.54) is 7.11 Å². The third kappa shape index (κ3) is 1.18.